The molecule has 0 aliphatic rings. The number of carbonyl (C=O) groups excluding carboxylic acids is 1. The second-order valence-corrected chi connectivity index (χ2v) is 6.43. The van der Waals surface area contributed by atoms with E-state index in [0.29, 0.717) is 0 Å². The fraction of sp³-hybridized carbons (Fsp3) is 0.750. The third kappa shape index (κ3) is 4.45. The molecule has 0 aromatic rings. The minimum Gasteiger partial charge on any atom is -0.455 e. The van der Waals surface area contributed by atoms with Gasteiger partial charge in [-0.15, -0.1) is 0 Å². The van der Waals surface area contributed by atoms with Gasteiger partial charge in [-0.25, -0.2) is 0 Å². The predicted octanol–water partition coefficient (Wildman–Crippen LogP) is 3.27. The van der Waals surface area contributed by atoms with E-state index in [1.165, 1.54) is 0 Å². The van der Waals surface area contributed by atoms with Gasteiger partial charge in [-0.05, 0) is 0 Å². The molecule has 12 heavy (non-hydrogen) atoms. The van der Waals surface area contributed by atoms with Crippen molar-refractivity contribution in [2.45, 2.75) is 13.7 Å². The van der Waals surface area contributed by atoms with Crippen molar-refractivity contribution in [1.29, 1.82) is 0 Å². The zero-order valence-corrected chi connectivity index (χ0v) is 9.77. The normalized spacial score (nSPS) is 13.2. The second kappa shape index (κ2) is 4.63. The van der Waals surface area contributed by atoms with Gasteiger partial charge in [0.15, 0.2) is 6.10 Å². The molecule has 0 radical (unpaired) electrons. The fourth-order valence-electron chi connectivity index (χ4n) is 0.395. The standard InChI is InChI=1S/C4H2Cl6O2/c5-3(6,7)2(12-1-11)4(8,9)10/h1-2H. The van der Waals surface area contributed by atoms with Crippen molar-refractivity contribution in [2.24, 2.45) is 0 Å². The summed E-state index contributed by atoms with van der Waals surface area (Å²) in [6.07, 6.45) is -1.45. The summed E-state index contributed by atoms with van der Waals surface area (Å²) in [5.41, 5.74) is 0. The van der Waals surface area contributed by atoms with E-state index in [4.69, 9.17) is 69.6 Å². The first kappa shape index (κ1) is 13.2. The Hall–Kier alpha value is 1.21. The molecule has 0 saturated carbocycles. The Kier molecular flexibility index (Phi) is 5.09. The first-order chi connectivity index (χ1) is 5.19. The average Bonchev–Trinajstić information content (AvgIpc) is 1.77. The van der Waals surface area contributed by atoms with Gasteiger partial charge in [-0.3, -0.25) is 4.79 Å². The van der Waals surface area contributed by atoms with E-state index < -0.39 is 13.7 Å². The molecule has 0 aliphatic carbocycles. The maximum atomic E-state index is 9.93. The lowest BCUT2D eigenvalue weighted by Gasteiger charge is -2.27. The molecule has 0 atom stereocenters. The van der Waals surface area contributed by atoms with Crippen molar-refractivity contribution in [2.75, 3.05) is 0 Å². The van der Waals surface area contributed by atoms with Gasteiger partial charge in [0.25, 0.3) is 6.47 Å². The largest absolute Gasteiger partial charge is 0.455 e. The molecular formula is C4H2Cl6O2. The van der Waals surface area contributed by atoms with Crippen LogP contribution < -0.4 is 0 Å². The van der Waals surface area contributed by atoms with Crippen LogP contribution in [0.1, 0.15) is 0 Å². The molecule has 0 aromatic heterocycles. The second-order valence-electron chi connectivity index (χ2n) is 1.70. The van der Waals surface area contributed by atoms with E-state index in [0.717, 1.165) is 0 Å². The molecule has 0 spiro atoms. The molecule has 0 amide bonds. The highest BCUT2D eigenvalue weighted by Gasteiger charge is 2.48. The predicted molar refractivity (Wildman–Crippen MR) is 51.5 cm³/mol. The van der Waals surface area contributed by atoms with Crippen LogP contribution in [0.3, 0.4) is 0 Å². The highest BCUT2D eigenvalue weighted by molar-refractivity contribution is 6.73. The molecule has 0 N–H and O–H groups in total. The fourth-order valence-corrected chi connectivity index (χ4v) is 2.19. The molecule has 0 bridgehead atoms. The van der Waals surface area contributed by atoms with Crippen LogP contribution in [0.15, 0.2) is 0 Å². The summed E-state index contributed by atoms with van der Waals surface area (Å²) in [4.78, 5) is 9.93. The molecular weight excluding hydrogens is 293 g/mol. The Morgan fingerprint density at radius 1 is 1.00 bits per heavy atom. The average molecular weight is 295 g/mol. The van der Waals surface area contributed by atoms with Crippen molar-refractivity contribution in [3.63, 3.8) is 0 Å². The van der Waals surface area contributed by atoms with Gasteiger partial charge in [-0.1, -0.05) is 69.6 Å². The first-order valence-electron chi connectivity index (χ1n) is 2.42. The minimum atomic E-state index is -1.98. The maximum Gasteiger partial charge on any atom is 0.293 e. The van der Waals surface area contributed by atoms with Gasteiger partial charge in [0.1, 0.15) is 0 Å². The Morgan fingerprint density at radius 3 is 1.42 bits per heavy atom. The van der Waals surface area contributed by atoms with E-state index in [1.807, 2.05) is 0 Å². The van der Waals surface area contributed by atoms with Crippen LogP contribution in [0.4, 0.5) is 0 Å². The highest BCUT2D eigenvalue weighted by atomic mass is 35.6. The third-order valence-corrected chi connectivity index (χ3v) is 1.98. The van der Waals surface area contributed by atoms with Crippen molar-refractivity contribution < 1.29 is 9.53 Å². The molecule has 0 aliphatic heterocycles. The zero-order valence-electron chi connectivity index (χ0n) is 5.24. The van der Waals surface area contributed by atoms with Gasteiger partial charge in [-0.2, -0.15) is 0 Å². The van der Waals surface area contributed by atoms with Gasteiger partial charge >= 0.3 is 0 Å². The van der Waals surface area contributed by atoms with Crippen LogP contribution in [-0.2, 0) is 9.53 Å². The van der Waals surface area contributed by atoms with Crippen molar-refractivity contribution >= 4 is 76.1 Å². The van der Waals surface area contributed by atoms with E-state index in [2.05, 4.69) is 4.74 Å². The summed E-state index contributed by atoms with van der Waals surface area (Å²) in [6, 6.07) is 0. The molecule has 2 nitrogen and oxygen atoms in total. The Balaban J connectivity index is 4.56. The summed E-state index contributed by atoms with van der Waals surface area (Å²) in [5, 5.41) is 0. The van der Waals surface area contributed by atoms with Crippen molar-refractivity contribution in [1.82, 2.24) is 0 Å². The number of halogens is 6. The zero-order chi connectivity index (χ0) is 9.99. The maximum absolute atomic E-state index is 9.93. The van der Waals surface area contributed by atoms with E-state index >= 15 is 0 Å². The number of carbonyl (C=O) groups is 1. The van der Waals surface area contributed by atoms with Crippen LogP contribution in [0.25, 0.3) is 0 Å². The van der Waals surface area contributed by atoms with Gasteiger partial charge in [0.05, 0.1) is 0 Å². The number of ether oxygens (including phenoxy) is 1. The number of hydrogen-bond donors (Lipinski definition) is 0. The number of hydrogen-bond acceptors (Lipinski definition) is 2. The van der Waals surface area contributed by atoms with Crippen LogP contribution >= 0.6 is 69.6 Å². The summed E-state index contributed by atoms with van der Waals surface area (Å²) in [5.74, 6) is 0. The Bertz CT molecular complexity index is 144. The van der Waals surface area contributed by atoms with Crippen LogP contribution in [0.5, 0.6) is 0 Å². The summed E-state index contributed by atoms with van der Waals surface area (Å²) in [7, 11) is 0. The lowest BCUT2D eigenvalue weighted by molar-refractivity contribution is -0.133. The molecule has 0 saturated heterocycles. The van der Waals surface area contributed by atoms with Gasteiger partial charge in [0, 0.05) is 0 Å². The van der Waals surface area contributed by atoms with Gasteiger partial charge < -0.3 is 4.74 Å². The van der Waals surface area contributed by atoms with Crippen LogP contribution in [0, 0.1) is 0 Å². The van der Waals surface area contributed by atoms with Gasteiger partial charge in [0.2, 0.25) is 7.59 Å². The Labute approximate surface area is 98.9 Å². The summed E-state index contributed by atoms with van der Waals surface area (Å²) >= 11 is 32.1. The monoisotopic (exact) mass is 292 g/mol. The summed E-state index contributed by atoms with van der Waals surface area (Å²) in [6.45, 7) is 0.0362. The quantitative estimate of drug-likeness (QED) is 0.577. The molecule has 0 aromatic carbocycles. The highest BCUT2D eigenvalue weighted by Crippen LogP contribution is 2.44. The van der Waals surface area contributed by atoms with Crippen molar-refractivity contribution in [3.05, 3.63) is 0 Å². The molecule has 72 valence electrons. The van der Waals surface area contributed by atoms with Crippen LogP contribution in [0.2, 0.25) is 0 Å². The van der Waals surface area contributed by atoms with E-state index in [9.17, 15) is 4.79 Å². The topological polar surface area (TPSA) is 26.3 Å². The first-order valence-corrected chi connectivity index (χ1v) is 4.69. The lowest BCUT2D eigenvalue weighted by Crippen LogP contribution is -2.40. The van der Waals surface area contributed by atoms with E-state index in [-0.39, 0.29) is 6.47 Å². The number of alkyl halides is 6. The number of rotatable bonds is 2. The van der Waals surface area contributed by atoms with Crippen molar-refractivity contribution in [3.8, 4) is 0 Å². The lowest BCUT2D eigenvalue weighted by atomic mass is 10.4. The van der Waals surface area contributed by atoms with E-state index in [1.54, 1.807) is 0 Å². The molecule has 0 rings (SSSR count). The SMILES string of the molecule is O=COC(C(Cl)(Cl)Cl)C(Cl)(Cl)Cl. The molecule has 0 unspecified atom stereocenters. The minimum absolute atomic E-state index is 0.0362. The third-order valence-electron chi connectivity index (χ3n) is 0.786. The molecule has 0 heterocycles. The Morgan fingerprint density at radius 2 is 1.33 bits per heavy atom. The molecule has 8 heteroatoms. The van der Waals surface area contributed by atoms with Crippen LogP contribution in [-0.4, -0.2) is 20.2 Å². The smallest absolute Gasteiger partial charge is 0.293 e. The molecule has 0 fully saturated rings. The summed E-state index contributed by atoms with van der Waals surface area (Å²) < 4.78 is 0.339.